The summed E-state index contributed by atoms with van der Waals surface area (Å²) in [7, 11) is 0. The van der Waals surface area contributed by atoms with Crippen molar-refractivity contribution in [3.05, 3.63) is 34.9 Å². The van der Waals surface area contributed by atoms with Crippen LogP contribution in [0.25, 0.3) is 0 Å². The van der Waals surface area contributed by atoms with E-state index in [0.717, 1.165) is 23.7 Å². The van der Waals surface area contributed by atoms with Crippen LogP contribution in [0.5, 0.6) is 0 Å². The fourth-order valence-electron chi connectivity index (χ4n) is 1.50. The Morgan fingerprint density at radius 2 is 2.29 bits per heavy atom. The van der Waals surface area contributed by atoms with Crippen molar-refractivity contribution in [1.82, 2.24) is 0 Å². The lowest BCUT2D eigenvalue weighted by atomic mass is 10.0. The molecular weight excluding hydrogens is 282 g/mol. The minimum absolute atomic E-state index is 0.315. The normalized spacial score (nSPS) is 9.71. The number of nitriles is 1. The number of hydrogen-bond acceptors (Lipinski definition) is 3. The lowest BCUT2D eigenvalue weighted by molar-refractivity contribution is 0.0526. The van der Waals surface area contributed by atoms with Gasteiger partial charge in [-0.15, -0.1) is 0 Å². The second-order valence-electron chi connectivity index (χ2n) is 3.50. The van der Waals surface area contributed by atoms with E-state index in [4.69, 9.17) is 10.00 Å². The van der Waals surface area contributed by atoms with Crippen molar-refractivity contribution in [2.45, 2.75) is 19.8 Å². The number of nitrogens with zero attached hydrogens (tertiary/aromatic N) is 1. The number of esters is 1. The first-order chi connectivity index (χ1) is 8.22. The molecular formula is C13H14BrNO2. The van der Waals surface area contributed by atoms with Gasteiger partial charge in [0.2, 0.25) is 0 Å². The van der Waals surface area contributed by atoms with Crippen LogP contribution in [0.1, 0.15) is 34.8 Å². The molecule has 0 aromatic heterocycles. The predicted octanol–water partition coefficient (Wildman–Crippen LogP) is 3.06. The number of ether oxygens (including phenoxy) is 1. The van der Waals surface area contributed by atoms with Crippen LogP contribution < -0.4 is 0 Å². The van der Waals surface area contributed by atoms with E-state index in [1.165, 1.54) is 0 Å². The number of hydrogen-bond donors (Lipinski definition) is 0. The maximum Gasteiger partial charge on any atom is 0.339 e. The van der Waals surface area contributed by atoms with E-state index in [1.54, 1.807) is 19.1 Å². The van der Waals surface area contributed by atoms with Gasteiger partial charge in [-0.1, -0.05) is 22.0 Å². The molecule has 90 valence electrons. The highest BCUT2D eigenvalue weighted by Gasteiger charge is 2.12. The van der Waals surface area contributed by atoms with Gasteiger partial charge < -0.3 is 4.74 Å². The molecule has 0 radical (unpaired) electrons. The summed E-state index contributed by atoms with van der Waals surface area (Å²) in [6.45, 7) is 2.06. The molecule has 17 heavy (non-hydrogen) atoms. The van der Waals surface area contributed by atoms with Gasteiger partial charge in [-0.05, 0) is 37.5 Å². The lowest BCUT2D eigenvalue weighted by Crippen LogP contribution is -2.07. The van der Waals surface area contributed by atoms with Gasteiger partial charge in [0.1, 0.15) is 6.07 Å². The van der Waals surface area contributed by atoms with Crippen LogP contribution in [0.3, 0.4) is 0 Å². The molecule has 0 fully saturated rings. The highest BCUT2D eigenvalue weighted by atomic mass is 79.9. The van der Waals surface area contributed by atoms with Gasteiger partial charge in [-0.3, -0.25) is 0 Å². The van der Waals surface area contributed by atoms with Crippen LogP contribution in [-0.2, 0) is 11.2 Å². The average Bonchev–Trinajstić information content (AvgIpc) is 2.36. The first-order valence-electron chi connectivity index (χ1n) is 5.49. The number of aryl methyl sites for hydroxylation is 1. The van der Waals surface area contributed by atoms with Crippen LogP contribution in [0.15, 0.2) is 18.2 Å². The van der Waals surface area contributed by atoms with Crippen molar-refractivity contribution in [2.75, 3.05) is 11.9 Å². The number of benzene rings is 1. The molecule has 0 aliphatic carbocycles. The zero-order valence-electron chi connectivity index (χ0n) is 9.70. The van der Waals surface area contributed by atoms with E-state index in [1.807, 2.05) is 12.1 Å². The van der Waals surface area contributed by atoms with Crippen molar-refractivity contribution >= 4 is 21.9 Å². The highest BCUT2D eigenvalue weighted by Crippen LogP contribution is 2.14. The van der Waals surface area contributed by atoms with Gasteiger partial charge in [-0.2, -0.15) is 5.26 Å². The topological polar surface area (TPSA) is 50.1 Å². The third kappa shape index (κ3) is 3.86. The van der Waals surface area contributed by atoms with Crippen molar-refractivity contribution in [1.29, 1.82) is 5.26 Å². The standard InChI is InChI=1S/C13H14BrNO2/c1-2-17-13(16)12-6-5-10(4-3-7-14)8-11(12)9-15/h5-6,8H,2-4,7H2,1H3. The summed E-state index contributed by atoms with van der Waals surface area (Å²) >= 11 is 3.36. The van der Waals surface area contributed by atoms with E-state index in [9.17, 15) is 4.79 Å². The molecule has 1 aromatic carbocycles. The van der Waals surface area contributed by atoms with Gasteiger partial charge in [0, 0.05) is 5.33 Å². The molecule has 1 aromatic rings. The zero-order valence-corrected chi connectivity index (χ0v) is 11.3. The molecule has 0 spiro atoms. The minimum Gasteiger partial charge on any atom is -0.462 e. The van der Waals surface area contributed by atoms with Gasteiger partial charge in [-0.25, -0.2) is 4.79 Å². The van der Waals surface area contributed by atoms with Crippen molar-refractivity contribution in [2.24, 2.45) is 0 Å². The van der Waals surface area contributed by atoms with Gasteiger partial charge >= 0.3 is 5.97 Å². The van der Waals surface area contributed by atoms with E-state index < -0.39 is 5.97 Å². The Morgan fingerprint density at radius 1 is 1.53 bits per heavy atom. The summed E-state index contributed by atoms with van der Waals surface area (Å²) < 4.78 is 4.89. The summed E-state index contributed by atoms with van der Waals surface area (Å²) in [4.78, 5) is 11.6. The summed E-state index contributed by atoms with van der Waals surface area (Å²) in [6, 6.07) is 7.34. The van der Waals surface area contributed by atoms with Gasteiger partial charge in [0.15, 0.2) is 0 Å². The second-order valence-corrected chi connectivity index (χ2v) is 4.30. The van der Waals surface area contributed by atoms with E-state index in [2.05, 4.69) is 15.9 Å². The van der Waals surface area contributed by atoms with Crippen molar-refractivity contribution in [3.8, 4) is 6.07 Å². The monoisotopic (exact) mass is 295 g/mol. The second kappa shape index (κ2) is 7.08. The third-order valence-corrected chi connectivity index (χ3v) is 2.86. The molecule has 3 nitrogen and oxygen atoms in total. The van der Waals surface area contributed by atoms with E-state index in [-0.39, 0.29) is 0 Å². The van der Waals surface area contributed by atoms with Crippen LogP contribution in [0.2, 0.25) is 0 Å². The third-order valence-electron chi connectivity index (χ3n) is 2.30. The maximum atomic E-state index is 11.6. The summed E-state index contributed by atoms with van der Waals surface area (Å²) in [5, 5.41) is 9.94. The predicted molar refractivity (Wildman–Crippen MR) is 69.2 cm³/mol. The number of rotatable bonds is 5. The molecule has 1 rings (SSSR count). The molecule has 0 heterocycles. The minimum atomic E-state index is -0.434. The Labute approximate surface area is 110 Å². The van der Waals surface area contributed by atoms with Crippen LogP contribution >= 0.6 is 15.9 Å². The molecule has 0 saturated carbocycles. The molecule has 0 bridgehead atoms. The molecule has 0 N–H and O–H groups in total. The smallest absolute Gasteiger partial charge is 0.339 e. The molecule has 0 saturated heterocycles. The van der Waals surface area contributed by atoms with Crippen LogP contribution in [0.4, 0.5) is 0 Å². The largest absolute Gasteiger partial charge is 0.462 e. The Bertz CT molecular complexity index is 438. The van der Waals surface area contributed by atoms with E-state index in [0.29, 0.717) is 17.7 Å². The number of carbonyl (C=O) groups excluding carboxylic acids is 1. The zero-order chi connectivity index (χ0) is 12.7. The summed E-state index contributed by atoms with van der Waals surface area (Å²) in [6.07, 6.45) is 1.90. The maximum absolute atomic E-state index is 11.6. The van der Waals surface area contributed by atoms with E-state index >= 15 is 0 Å². The number of alkyl halides is 1. The van der Waals surface area contributed by atoms with Crippen molar-refractivity contribution in [3.63, 3.8) is 0 Å². The Kier molecular flexibility index (Phi) is 5.71. The molecule has 4 heteroatoms. The first-order valence-corrected chi connectivity index (χ1v) is 6.61. The Hall–Kier alpha value is -1.34. The highest BCUT2D eigenvalue weighted by molar-refractivity contribution is 9.09. The summed E-state index contributed by atoms with van der Waals surface area (Å²) in [5.74, 6) is -0.434. The van der Waals surface area contributed by atoms with Gasteiger partial charge in [0.25, 0.3) is 0 Å². The number of halogens is 1. The molecule has 0 aliphatic heterocycles. The van der Waals surface area contributed by atoms with Gasteiger partial charge in [0.05, 0.1) is 17.7 Å². The quantitative estimate of drug-likeness (QED) is 0.620. The number of carbonyl (C=O) groups is 1. The molecule has 0 atom stereocenters. The Balaban J connectivity index is 2.94. The molecule has 0 unspecified atom stereocenters. The molecule has 0 amide bonds. The van der Waals surface area contributed by atoms with Crippen LogP contribution in [0, 0.1) is 11.3 Å². The first kappa shape index (κ1) is 13.7. The van der Waals surface area contributed by atoms with Crippen LogP contribution in [-0.4, -0.2) is 17.9 Å². The Morgan fingerprint density at radius 3 is 2.88 bits per heavy atom. The molecule has 0 aliphatic rings. The lowest BCUT2D eigenvalue weighted by Gasteiger charge is -2.06. The summed E-state index contributed by atoms with van der Waals surface area (Å²) in [5.41, 5.74) is 1.79. The fraction of sp³-hybridized carbons (Fsp3) is 0.385. The fourth-order valence-corrected chi connectivity index (χ4v) is 1.78. The average molecular weight is 296 g/mol. The van der Waals surface area contributed by atoms with Crippen molar-refractivity contribution < 1.29 is 9.53 Å². The SMILES string of the molecule is CCOC(=O)c1ccc(CCCBr)cc1C#N.